The van der Waals surface area contributed by atoms with Crippen LogP contribution < -0.4 is 5.32 Å². The molecule has 1 aromatic rings. The van der Waals surface area contributed by atoms with Crippen molar-refractivity contribution in [2.45, 2.75) is 34.1 Å². The molecule has 0 amide bonds. The van der Waals surface area contributed by atoms with Gasteiger partial charge in [0, 0.05) is 12.6 Å². The average Bonchev–Trinajstić information content (AvgIpc) is 2.26. The van der Waals surface area contributed by atoms with Crippen molar-refractivity contribution in [1.29, 1.82) is 0 Å². The molecule has 0 bridgehead atoms. The van der Waals surface area contributed by atoms with Crippen LogP contribution in [0.5, 0.6) is 0 Å². The molecule has 0 heterocycles. The Hall–Kier alpha value is -1.58. The lowest BCUT2D eigenvalue weighted by atomic mass is 9.99. The van der Waals surface area contributed by atoms with Crippen LogP contribution in [0.1, 0.15) is 32.8 Å². The number of hydrogen-bond acceptors (Lipinski definition) is 3. The molecule has 0 fully saturated rings. The van der Waals surface area contributed by atoms with Gasteiger partial charge < -0.3 is 5.32 Å². The van der Waals surface area contributed by atoms with E-state index in [0.29, 0.717) is 17.5 Å². The molecule has 1 N–H and O–H groups in total. The highest BCUT2D eigenvalue weighted by Crippen LogP contribution is 2.25. The Kier molecular flexibility index (Phi) is 5.13. The number of nitro groups is 1. The Bertz CT molecular complexity index is 416. The van der Waals surface area contributed by atoms with Crippen LogP contribution in [-0.2, 0) is 0 Å². The molecule has 0 aliphatic carbocycles. The highest BCUT2D eigenvalue weighted by atomic mass is 16.6. The minimum Gasteiger partial charge on any atom is -0.379 e. The monoisotopic (exact) mass is 250 g/mol. The third-order valence-corrected chi connectivity index (χ3v) is 2.86. The maximum Gasteiger partial charge on any atom is 0.292 e. The molecule has 18 heavy (non-hydrogen) atoms. The van der Waals surface area contributed by atoms with E-state index in [1.54, 1.807) is 12.1 Å². The fourth-order valence-electron chi connectivity index (χ4n) is 2.11. The van der Waals surface area contributed by atoms with E-state index in [-0.39, 0.29) is 10.6 Å². The molecule has 4 heteroatoms. The molecule has 0 saturated heterocycles. The number of benzene rings is 1. The van der Waals surface area contributed by atoms with Crippen LogP contribution in [0, 0.1) is 28.9 Å². The van der Waals surface area contributed by atoms with E-state index in [0.717, 1.165) is 18.5 Å². The molecular formula is C14H22N2O2. The summed E-state index contributed by atoms with van der Waals surface area (Å²) < 4.78 is 0. The van der Waals surface area contributed by atoms with Gasteiger partial charge in [0.1, 0.15) is 5.69 Å². The first-order chi connectivity index (χ1) is 8.40. The Morgan fingerprint density at radius 1 is 1.33 bits per heavy atom. The molecule has 1 atom stereocenters. The number of aryl methyl sites for hydroxylation is 1. The number of nitro benzene ring substituents is 1. The quantitative estimate of drug-likeness (QED) is 0.613. The SMILES string of the molecule is Cc1ccc(NCC(C)CC(C)C)c([N+](=O)[O-])c1. The van der Waals surface area contributed by atoms with E-state index in [1.807, 2.05) is 13.0 Å². The van der Waals surface area contributed by atoms with Gasteiger partial charge in [0.05, 0.1) is 4.92 Å². The first-order valence-electron chi connectivity index (χ1n) is 6.39. The first kappa shape index (κ1) is 14.5. The Labute approximate surface area is 109 Å². The van der Waals surface area contributed by atoms with E-state index >= 15 is 0 Å². The van der Waals surface area contributed by atoms with Crippen molar-refractivity contribution in [1.82, 2.24) is 0 Å². The average molecular weight is 250 g/mol. The molecule has 1 aromatic carbocycles. The van der Waals surface area contributed by atoms with Gasteiger partial charge in [0.2, 0.25) is 0 Å². The molecule has 0 spiro atoms. The molecule has 1 unspecified atom stereocenters. The minimum absolute atomic E-state index is 0.159. The van der Waals surface area contributed by atoms with Crippen molar-refractivity contribution in [3.8, 4) is 0 Å². The van der Waals surface area contributed by atoms with Gasteiger partial charge >= 0.3 is 0 Å². The highest BCUT2D eigenvalue weighted by Gasteiger charge is 2.14. The number of hydrogen-bond donors (Lipinski definition) is 1. The van der Waals surface area contributed by atoms with E-state index in [2.05, 4.69) is 26.1 Å². The summed E-state index contributed by atoms with van der Waals surface area (Å²) in [5.74, 6) is 1.15. The fraction of sp³-hybridized carbons (Fsp3) is 0.571. The predicted molar refractivity (Wildman–Crippen MR) is 74.9 cm³/mol. The van der Waals surface area contributed by atoms with Crippen LogP contribution in [0.3, 0.4) is 0 Å². The van der Waals surface area contributed by atoms with Crippen molar-refractivity contribution in [2.24, 2.45) is 11.8 Å². The predicted octanol–water partition coefficient (Wildman–Crippen LogP) is 4.00. The number of nitrogens with zero attached hydrogens (tertiary/aromatic N) is 1. The third-order valence-electron chi connectivity index (χ3n) is 2.86. The molecule has 1 rings (SSSR count). The molecule has 0 saturated carbocycles. The van der Waals surface area contributed by atoms with Crippen LogP contribution in [0.2, 0.25) is 0 Å². The normalized spacial score (nSPS) is 12.5. The summed E-state index contributed by atoms with van der Waals surface area (Å²) in [6.07, 6.45) is 1.12. The molecule has 0 radical (unpaired) electrons. The van der Waals surface area contributed by atoms with Crippen molar-refractivity contribution in [2.75, 3.05) is 11.9 Å². The van der Waals surface area contributed by atoms with Gasteiger partial charge in [-0.25, -0.2) is 0 Å². The lowest BCUT2D eigenvalue weighted by Gasteiger charge is -2.15. The maximum atomic E-state index is 11.0. The summed E-state index contributed by atoms with van der Waals surface area (Å²) in [4.78, 5) is 10.6. The highest BCUT2D eigenvalue weighted by molar-refractivity contribution is 5.62. The lowest BCUT2D eigenvalue weighted by Crippen LogP contribution is -2.14. The number of rotatable bonds is 6. The van der Waals surface area contributed by atoms with E-state index in [9.17, 15) is 10.1 Å². The summed E-state index contributed by atoms with van der Waals surface area (Å²) in [5.41, 5.74) is 1.68. The zero-order chi connectivity index (χ0) is 13.7. The number of nitrogens with one attached hydrogen (secondary N) is 1. The summed E-state index contributed by atoms with van der Waals surface area (Å²) in [6.45, 7) is 9.16. The van der Waals surface area contributed by atoms with Gasteiger partial charge in [0.25, 0.3) is 5.69 Å². The smallest absolute Gasteiger partial charge is 0.292 e. The van der Waals surface area contributed by atoms with Gasteiger partial charge in [-0.2, -0.15) is 0 Å². The third kappa shape index (κ3) is 4.35. The minimum atomic E-state index is -0.331. The van der Waals surface area contributed by atoms with Crippen LogP contribution in [0.4, 0.5) is 11.4 Å². The lowest BCUT2D eigenvalue weighted by molar-refractivity contribution is -0.384. The maximum absolute atomic E-state index is 11.0. The van der Waals surface area contributed by atoms with Gasteiger partial charge in [-0.3, -0.25) is 10.1 Å². The van der Waals surface area contributed by atoms with Gasteiger partial charge in [0.15, 0.2) is 0 Å². The van der Waals surface area contributed by atoms with Crippen molar-refractivity contribution in [3.63, 3.8) is 0 Å². The summed E-state index contributed by atoms with van der Waals surface area (Å²) >= 11 is 0. The van der Waals surface area contributed by atoms with Crippen molar-refractivity contribution >= 4 is 11.4 Å². The second-order valence-electron chi connectivity index (χ2n) is 5.39. The fourth-order valence-corrected chi connectivity index (χ4v) is 2.11. The van der Waals surface area contributed by atoms with Crippen LogP contribution >= 0.6 is 0 Å². The van der Waals surface area contributed by atoms with E-state index in [4.69, 9.17) is 0 Å². The summed E-state index contributed by atoms with van der Waals surface area (Å²) in [6, 6.07) is 5.29. The van der Waals surface area contributed by atoms with E-state index < -0.39 is 0 Å². The molecule has 0 aliphatic rings. The molecule has 100 valence electrons. The summed E-state index contributed by atoms with van der Waals surface area (Å²) in [5, 5.41) is 14.1. The standard InChI is InChI=1S/C14H22N2O2/c1-10(2)7-12(4)9-15-13-6-5-11(3)8-14(13)16(17)18/h5-6,8,10,12,15H,7,9H2,1-4H3. The summed E-state index contributed by atoms with van der Waals surface area (Å²) in [7, 11) is 0. The second-order valence-corrected chi connectivity index (χ2v) is 5.39. The van der Waals surface area contributed by atoms with Gasteiger partial charge in [-0.15, -0.1) is 0 Å². The Morgan fingerprint density at radius 2 is 2.00 bits per heavy atom. The van der Waals surface area contributed by atoms with Crippen molar-refractivity contribution < 1.29 is 4.92 Å². The Morgan fingerprint density at radius 3 is 2.56 bits per heavy atom. The van der Waals surface area contributed by atoms with E-state index in [1.165, 1.54) is 0 Å². The number of anilines is 1. The van der Waals surface area contributed by atoms with Gasteiger partial charge in [-0.1, -0.05) is 26.8 Å². The van der Waals surface area contributed by atoms with Gasteiger partial charge in [-0.05, 0) is 36.8 Å². The van der Waals surface area contributed by atoms with Crippen LogP contribution in [0.15, 0.2) is 18.2 Å². The van der Waals surface area contributed by atoms with Crippen molar-refractivity contribution in [3.05, 3.63) is 33.9 Å². The zero-order valence-corrected chi connectivity index (χ0v) is 11.6. The molecule has 0 aromatic heterocycles. The topological polar surface area (TPSA) is 55.2 Å². The van der Waals surface area contributed by atoms with Crippen LogP contribution in [0.25, 0.3) is 0 Å². The molecular weight excluding hydrogens is 228 g/mol. The largest absolute Gasteiger partial charge is 0.379 e. The van der Waals surface area contributed by atoms with Crippen LogP contribution in [-0.4, -0.2) is 11.5 Å². The zero-order valence-electron chi connectivity index (χ0n) is 11.6. The second kappa shape index (κ2) is 6.38. The Balaban J connectivity index is 2.70. The molecule has 4 nitrogen and oxygen atoms in total. The first-order valence-corrected chi connectivity index (χ1v) is 6.39. The molecule has 0 aliphatic heterocycles.